The number of quaternary nitrogens is 1. The van der Waals surface area contributed by atoms with Crippen molar-refractivity contribution < 1.29 is 41.3 Å². The van der Waals surface area contributed by atoms with Crippen molar-refractivity contribution in [3.63, 3.8) is 0 Å². The molecule has 1 aromatic heterocycles. The summed E-state index contributed by atoms with van der Waals surface area (Å²) < 4.78 is 31.5. The number of fused-ring (bicyclic) bond motifs is 1. The van der Waals surface area contributed by atoms with Crippen LogP contribution in [0.4, 0.5) is 4.79 Å². The number of hydrogen-bond acceptors (Lipinski definition) is 10. The Labute approximate surface area is 280 Å². The first-order chi connectivity index (χ1) is 22.4. The van der Waals surface area contributed by atoms with Crippen molar-refractivity contribution in [3.8, 4) is 0 Å². The minimum Gasteiger partial charge on any atom is -0.434 e. The first-order valence-corrected chi connectivity index (χ1v) is 17.6. The maximum Gasteiger partial charge on any atom is 0.434 e. The summed E-state index contributed by atoms with van der Waals surface area (Å²) in [5, 5.41) is -0.858. The molecule has 13 nitrogen and oxygen atoms in total. The number of aromatic nitrogens is 1. The highest BCUT2D eigenvalue weighted by Crippen LogP contribution is 2.34. The number of ketones is 1. The van der Waals surface area contributed by atoms with Gasteiger partial charge in [0.25, 0.3) is 17.7 Å². The number of imide groups is 2. The minimum absolute atomic E-state index is 0.0497. The zero-order valence-corrected chi connectivity index (χ0v) is 29.1. The second-order valence-electron chi connectivity index (χ2n) is 13.3. The lowest BCUT2D eigenvalue weighted by Crippen LogP contribution is -2.70. The summed E-state index contributed by atoms with van der Waals surface area (Å²) in [6.07, 6.45) is 1.03. The number of carbonyl (C=O) groups is 5. The van der Waals surface area contributed by atoms with Crippen molar-refractivity contribution in [1.29, 1.82) is 0 Å². The fourth-order valence-electron chi connectivity index (χ4n) is 5.89. The van der Waals surface area contributed by atoms with Gasteiger partial charge in [-0.05, 0) is 69.0 Å². The number of hydrogen-bond donors (Lipinski definition) is 2. The van der Waals surface area contributed by atoms with Crippen molar-refractivity contribution in [1.82, 2.24) is 14.6 Å². The number of likely N-dealkylation sites (tertiary alicyclic amines) is 1. The van der Waals surface area contributed by atoms with Crippen LogP contribution in [-0.2, 0) is 14.8 Å². The molecule has 4 rings (SSSR count). The number of nitrogens with zero attached hydrogens (tertiary/aromatic N) is 3. The molecular weight excluding hydrogens is 638 g/mol. The second-order valence-corrected chi connectivity index (χ2v) is 15.5. The molecule has 3 aromatic rings. The SMILES string of the molecule is CC(C)C(C(=O)c1nc2ccccc2o1)N(C(=O)c1ccc(C(=O)NS(=O)(=O)C(C)C)cc1)C(=O)[N+]1(C(=O)[C@@H](N)C(C)C)CCC[C@H]1C. The predicted octanol–water partition coefficient (Wildman–Crippen LogP) is 4.27. The first-order valence-electron chi connectivity index (χ1n) is 16.1. The standard InChI is InChI=1S/C34H43N5O8S/c1-19(2)27(35)33(43)39(18-10-11-22(39)7)34(44)38(28(20(3)4)29(40)31-36-25-12-8-9-13-26(25)47-31)32(42)24-16-14-23(15-17-24)30(41)37-48(45,46)21(5)6/h8-9,12-17,19-22,27-28H,10-11,18,35H2,1-7H3/p+1/t22-,27+,28?,39?/m1/s1. The maximum absolute atomic E-state index is 15.0. The van der Waals surface area contributed by atoms with Crippen molar-refractivity contribution in [3.05, 3.63) is 65.5 Å². The molecule has 1 aliphatic rings. The van der Waals surface area contributed by atoms with E-state index < -0.39 is 73.3 Å². The third-order valence-corrected chi connectivity index (χ3v) is 10.7. The van der Waals surface area contributed by atoms with Crippen molar-refractivity contribution in [2.75, 3.05) is 6.54 Å². The van der Waals surface area contributed by atoms with Gasteiger partial charge in [0.2, 0.25) is 15.8 Å². The van der Waals surface area contributed by atoms with Crippen LogP contribution in [0.2, 0.25) is 0 Å². The van der Waals surface area contributed by atoms with Gasteiger partial charge in [-0.1, -0.05) is 39.8 Å². The Hall–Kier alpha value is -4.27. The lowest BCUT2D eigenvalue weighted by molar-refractivity contribution is -0.788. The topological polar surface area (TPSA) is 187 Å². The van der Waals surface area contributed by atoms with Crippen LogP contribution in [0, 0.1) is 11.8 Å². The molecule has 5 amide bonds. The first kappa shape index (κ1) is 36.6. The number of sulfonamides is 1. The largest absolute Gasteiger partial charge is 0.434 e. The number of rotatable bonds is 10. The number of amides is 5. The highest BCUT2D eigenvalue weighted by atomic mass is 32.2. The molecule has 48 heavy (non-hydrogen) atoms. The molecule has 1 aliphatic heterocycles. The van der Waals surface area contributed by atoms with E-state index in [-0.39, 0.29) is 29.5 Å². The van der Waals surface area contributed by atoms with Gasteiger partial charge in [0, 0.05) is 24.0 Å². The molecule has 2 heterocycles. The second kappa shape index (κ2) is 14.1. The molecule has 2 unspecified atom stereocenters. The number of benzene rings is 2. The van der Waals surface area contributed by atoms with E-state index in [1.54, 1.807) is 58.9 Å². The Morgan fingerprint density at radius 1 is 0.938 bits per heavy atom. The number of para-hydroxylation sites is 2. The van der Waals surface area contributed by atoms with E-state index in [9.17, 15) is 32.4 Å². The number of nitrogens with one attached hydrogen (secondary N) is 1. The summed E-state index contributed by atoms with van der Waals surface area (Å²) >= 11 is 0. The zero-order valence-electron chi connectivity index (χ0n) is 28.3. The molecule has 1 saturated heterocycles. The van der Waals surface area contributed by atoms with Crippen molar-refractivity contribution in [2.24, 2.45) is 17.6 Å². The average molecular weight is 683 g/mol. The zero-order chi connectivity index (χ0) is 35.7. The molecule has 2 aromatic carbocycles. The van der Waals surface area contributed by atoms with Crippen LogP contribution in [0.3, 0.4) is 0 Å². The number of Topliss-reactive ketones (excluding diaryl/α,β-unsaturated/α-hetero) is 1. The van der Waals surface area contributed by atoms with E-state index in [1.807, 2.05) is 4.72 Å². The molecule has 14 heteroatoms. The third kappa shape index (κ3) is 6.82. The summed E-state index contributed by atoms with van der Waals surface area (Å²) in [6, 6.07) is 7.89. The van der Waals surface area contributed by atoms with Gasteiger partial charge in [-0.3, -0.25) is 14.4 Å². The smallest absolute Gasteiger partial charge is 0.434 e. The van der Waals surface area contributed by atoms with E-state index in [0.717, 1.165) is 4.90 Å². The van der Waals surface area contributed by atoms with Crippen LogP contribution in [-0.4, -0.2) is 82.2 Å². The number of urea groups is 1. The van der Waals surface area contributed by atoms with Crippen LogP contribution < -0.4 is 10.5 Å². The molecule has 1 fully saturated rings. The molecule has 0 saturated carbocycles. The Morgan fingerprint density at radius 2 is 1.54 bits per heavy atom. The molecule has 0 aliphatic carbocycles. The van der Waals surface area contributed by atoms with Crippen LogP contribution in [0.5, 0.6) is 0 Å². The van der Waals surface area contributed by atoms with Gasteiger partial charge in [-0.2, -0.15) is 4.48 Å². The molecular formula is C34H44N5O8S+. The highest BCUT2D eigenvalue weighted by Gasteiger charge is 2.59. The lowest BCUT2D eigenvalue weighted by Gasteiger charge is -2.40. The van der Waals surface area contributed by atoms with Gasteiger partial charge in [0.05, 0.1) is 11.8 Å². The average Bonchev–Trinajstić information content (AvgIpc) is 3.65. The Balaban J connectivity index is 1.85. The molecule has 258 valence electrons. The van der Waals surface area contributed by atoms with E-state index in [2.05, 4.69) is 4.98 Å². The molecule has 0 radical (unpaired) electrons. The monoisotopic (exact) mass is 682 g/mol. The van der Waals surface area contributed by atoms with Crippen LogP contribution in [0.1, 0.15) is 92.7 Å². The van der Waals surface area contributed by atoms with Crippen LogP contribution >= 0.6 is 0 Å². The van der Waals surface area contributed by atoms with Crippen molar-refractivity contribution in [2.45, 2.75) is 84.7 Å². The third-order valence-electron chi connectivity index (χ3n) is 8.98. The highest BCUT2D eigenvalue weighted by molar-refractivity contribution is 7.90. The van der Waals surface area contributed by atoms with Gasteiger partial charge in [-0.25, -0.2) is 32.6 Å². The summed E-state index contributed by atoms with van der Waals surface area (Å²) in [4.78, 5) is 75.7. The maximum atomic E-state index is 15.0. The van der Waals surface area contributed by atoms with Gasteiger partial charge < -0.3 is 10.2 Å². The van der Waals surface area contributed by atoms with Gasteiger partial charge >= 0.3 is 11.9 Å². The van der Waals surface area contributed by atoms with Crippen molar-refractivity contribution >= 4 is 50.7 Å². The molecule has 3 N–H and O–H groups in total. The molecule has 0 spiro atoms. The quantitative estimate of drug-likeness (QED) is 0.231. The van der Waals surface area contributed by atoms with Crippen LogP contribution in [0.15, 0.2) is 52.9 Å². The summed E-state index contributed by atoms with van der Waals surface area (Å²) in [5.41, 5.74) is 6.99. The molecule has 4 atom stereocenters. The predicted molar refractivity (Wildman–Crippen MR) is 178 cm³/mol. The Morgan fingerprint density at radius 3 is 2.06 bits per heavy atom. The fourth-order valence-corrected chi connectivity index (χ4v) is 6.50. The van der Waals surface area contributed by atoms with E-state index in [4.69, 9.17) is 10.2 Å². The van der Waals surface area contributed by atoms with E-state index in [1.165, 1.54) is 38.1 Å². The Kier molecular flexibility index (Phi) is 10.7. The normalized spacial score (nSPS) is 19.4. The lowest BCUT2D eigenvalue weighted by atomic mass is 9.96. The number of carbonyl (C=O) groups excluding carboxylic acids is 5. The minimum atomic E-state index is -3.92. The Bertz CT molecular complexity index is 1800. The van der Waals surface area contributed by atoms with Gasteiger partial charge in [0.15, 0.2) is 5.58 Å². The number of nitrogens with two attached hydrogens (primary N) is 1. The fraction of sp³-hybridized carbons (Fsp3) is 0.471. The summed E-state index contributed by atoms with van der Waals surface area (Å²) in [5.74, 6) is -4.34. The van der Waals surface area contributed by atoms with E-state index in [0.29, 0.717) is 23.9 Å². The summed E-state index contributed by atoms with van der Waals surface area (Å²) in [7, 11) is -3.92. The summed E-state index contributed by atoms with van der Waals surface area (Å²) in [6.45, 7) is 11.6. The van der Waals surface area contributed by atoms with Crippen LogP contribution in [0.25, 0.3) is 11.1 Å². The molecule has 0 bridgehead atoms. The van der Waals surface area contributed by atoms with Gasteiger partial charge in [0.1, 0.15) is 23.6 Å². The van der Waals surface area contributed by atoms with E-state index >= 15 is 0 Å². The van der Waals surface area contributed by atoms with Gasteiger partial charge in [-0.15, -0.1) is 0 Å². The number of oxazole rings is 1.